The summed E-state index contributed by atoms with van der Waals surface area (Å²) in [6.45, 7) is 7.52. The Labute approximate surface area is 325 Å². The van der Waals surface area contributed by atoms with Crippen molar-refractivity contribution < 1.29 is 31.1 Å². The van der Waals surface area contributed by atoms with Crippen LogP contribution in [0.4, 0.5) is 5.69 Å². The molecule has 0 unspecified atom stereocenters. The molecule has 1 amide bonds. The molecule has 290 valence electrons. The van der Waals surface area contributed by atoms with Gasteiger partial charge in [0.2, 0.25) is 10.0 Å². The number of sulfonamides is 1. The van der Waals surface area contributed by atoms with Crippen molar-refractivity contribution in [1.82, 2.24) is 4.72 Å². The lowest BCUT2D eigenvalue weighted by Gasteiger charge is -2.46. The average molecular weight is 795 g/mol. The molecule has 2 aliphatic heterocycles. The van der Waals surface area contributed by atoms with E-state index >= 15 is 0 Å². The number of nitrogens with one attached hydrogen (secondary N) is 1. The monoisotopic (exact) mass is 794 g/mol. The van der Waals surface area contributed by atoms with Gasteiger partial charge in [0.05, 0.1) is 34.3 Å². The van der Waals surface area contributed by atoms with Gasteiger partial charge in [-0.2, -0.15) is 0 Å². The predicted octanol–water partition coefficient (Wildman–Crippen LogP) is 7.44. The number of aryl methyl sites for hydroxylation is 2. The van der Waals surface area contributed by atoms with Crippen molar-refractivity contribution >= 4 is 43.1 Å². The van der Waals surface area contributed by atoms with Crippen LogP contribution in [0.25, 0.3) is 0 Å². The van der Waals surface area contributed by atoms with Gasteiger partial charge in [0.1, 0.15) is 5.75 Å². The highest BCUT2D eigenvalue weighted by molar-refractivity contribution is 7.91. The summed E-state index contributed by atoms with van der Waals surface area (Å²) in [6.07, 6.45) is 9.43. The van der Waals surface area contributed by atoms with Crippen molar-refractivity contribution in [2.24, 2.45) is 17.8 Å². The average Bonchev–Trinajstić information content (AvgIpc) is 3.27. The Morgan fingerprint density at radius 1 is 1.06 bits per heavy atom. The number of carbonyl (C=O) groups is 1. The standard InChI is InChI=1S/C42H51ClN2O7S2/c1-28-10-15-35(16-11-28)53(47,48)22-6-21-51-39-9-4-7-29(2)30(3)54(49,50)44-41(46)32-13-19-40-38(24-32)45(25-33-12-17-36(33)39)26-42(27-52-40)20-5-8-31-23-34(43)14-18-37(31)42/h4,9-11,13-16,18-19,23-24,29-30,33,36,39H,5-8,12,17,20-22,25-27H2,1-3H3,(H,44,46)/b9-4+/t29-,30+,33-,36+,39-,42-/m0/s1. The van der Waals surface area contributed by atoms with Crippen molar-refractivity contribution in [2.45, 2.75) is 87.4 Å². The van der Waals surface area contributed by atoms with Crippen LogP contribution < -0.4 is 14.4 Å². The Morgan fingerprint density at radius 2 is 1.85 bits per heavy atom. The molecule has 0 radical (unpaired) electrons. The number of halogens is 1. The molecule has 1 N–H and O–H groups in total. The Balaban J connectivity index is 1.20. The third-order valence-corrected chi connectivity index (χ3v) is 16.2. The van der Waals surface area contributed by atoms with Gasteiger partial charge in [-0.15, -0.1) is 0 Å². The first-order valence-corrected chi connectivity index (χ1v) is 22.8. The number of anilines is 1. The normalized spacial score (nSPS) is 28.8. The van der Waals surface area contributed by atoms with E-state index in [4.69, 9.17) is 21.1 Å². The molecule has 3 aromatic carbocycles. The third kappa shape index (κ3) is 8.11. The zero-order chi connectivity index (χ0) is 38.3. The molecule has 54 heavy (non-hydrogen) atoms. The fraction of sp³-hybridized carbons (Fsp3) is 0.500. The number of nitrogens with zero attached hydrogens (tertiary/aromatic N) is 1. The first kappa shape index (κ1) is 38.9. The van der Waals surface area contributed by atoms with Crippen molar-refractivity contribution in [2.75, 3.05) is 37.0 Å². The maximum Gasteiger partial charge on any atom is 0.264 e. The van der Waals surface area contributed by atoms with E-state index in [1.807, 2.05) is 44.2 Å². The van der Waals surface area contributed by atoms with Crippen LogP contribution in [0.5, 0.6) is 5.75 Å². The highest BCUT2D eigenvalue weighted by Gasteiger charge is 2.44. The molecular formula is C42H51ClN2O7S2. The van der Waals surface area contributed by atoms with E-state index in [0.29, 0.717) is 48.2 Å². The highest BCUT2D eigenvalue weighted by atomic mass is 35.5. The molecule has 7 rings (SSSR count). The number of allylic oxidation sites excluding steroid dienone is 1. The van der Waals surface area contributed by atoms with Gasteiger partial charge >= 0.3 is 0 Å². The lowest BCUT2D eigenvalue weighted by Crippen LogP contribution is -2.49. The van der Waals surface area contributed by atoms with Crippen LogP contribution in [-0.2, 0) is 36.4 Å². The molecule has 9 nitrogen and oxygen atoms in total. The Bertz CT molecular complexity index is 2120. The minimum absolute atomic E-state index is 0.0135. The molecule has 1 saturated carbocycles. The largest absolute Gasteiger partial charge is 0.490 e. The summed E-state index contributed by atoms with van der Waals surface area (Å²) < 4.78 is 68.6. The maximum absolute atomic E-state index is 13.6. The minimum atomic E-state index is -3.99. The summed E-state index contributed by atoms with van der Waals surface area (Å²) in [5.74, 6) is 0.142. The quantitative estimate of drug-likeness (QED) is 0.202. The number of hydrogen-bond acceptors (Lipinski definition) is 8. The van der Waals surface area contributed by atoms with Crippen LogP contribution in [0.1, 0.15) is 79.4 Å². The number of rotatable bonds is 6. The maximum atomic E-state index is 13.6. The molecule has 3 aromatic rings. The Morgan fingerprint density at radius 3 is 2.61 bits per heavy atom. The number of amides is 1. The minimum Gasteiger partial charge on any atom is -0.490 e. The third-order valence-electron chi connectivity index (χ3n) is 12.3. The van der Waals surface area contributed by atoms with Crippen molar-refractivity contribution in [1.29, 1.82) is 0 Å². The fourth-order valence-electron chi connectivity index (χ4n) is 8.65. The van der Waals surface area contributed by atoms with Crippen LogP contribution in [0, 0.1) is 24.7 Å². The zero-order valence-corrected chi connectivity index (χ0v) is 33.7. The summed E-state index contributed by atoms with van der Waals surface area (Å²) in [5, 5.41) is -0.116. The summed E-state index contributed by atoms with van der Waals surface area (Å²) >= 11 is 6.46. The molecule has 2 bridgehead atoms. The number of benzene rings is 3. The van der Waals surface area contributed by atoms with E-state index in [9.17, 15) is 21.6 Å². The molecule has 0 saturated heterocycles. The highest BCUT2D eigenvalue weighted by Crippen LogP contribution is 2.47. The topological polar surface area (TPSA) is 119 Å². The molecule has 2 aliphatic carbocycles. The molecule has 1 spiro atoms. The predicted molar refractivity (Wildman–Crippen MR) is 213 cm³/mol. The lowest BCUT2D eigenvalue weighted by molar-refractivity contribution is -0.0136. The summed E-state index contributed by atoms with van der Waals surface area (Å²) in [7, 11) is -7.44. The van der Waals surface area contributed by atoms with Crippen LogP contribution in [0.15, 0.2) is 77.7 Å². The molecule has 0 aromatic heterocycles. The second-order valence-corrected chi connectivity index (χ2v) is 20.5. The van der Waals surface area contributed by atoms with Gasteiger partial charge in [-0.25, -0.2) is 21.6 Å². The van der Waals surface area contributed by atoms with E-state index in [-0.39, 0.29) is 47.2 Å². The van der Waals surface area contributed by atoms with E-state index in [0.717, 1.165) is 43.4 Å². The van der Waals surface area contributed by atoms with Crippen molar-refractivity contribution in [3.8, 4) is 5.75 Å². The van der Waals surface area contributed by atoms with Crippen LogP contribution >= 0.6 is 11.6 Å². The van der Waals surface area contributed by atoms with Gasteiger partial charge in [0, 0.05) is 35.7 Å². The molecule has 2 heterocycles. The van der Waals surface area contributed by atoms with Crippen molar-refractivity contribution in [3.05, 3.63) is 100 Å². The number of sulfone groups is 1. The van der Waals surface area contributed by atoms with Gasteiger partial charge in [-0.3, -0.25) is 4.79 Å². The number of fused-ring (bicyclic) bond motifs is 4. The fourth-order valence-corrected chi connectivity index (χ4v) is 11.4. The molecule has 4 aliphatic rings. The van der Waals surface area contributed by atoms with E-state index in [2.05, 4.69) is 21.8 Å². The second kappa shape index (κ2) is 15.6. The first-order chi connectivity index (χ1) is 25.7. The van der Waals surface area contributed by atoms with Gasteiger partial charge in [0.25, 0.3) is 5.91 Å². The second-order valence-electron chi connectivity index (χ2n) is 15.9. The number of carbonyl (C=O) groups excluding carboxylic acids is 1. The first-order valence-electron chi connectivity index (χ1n) is 19.2. The van der Waals surface area contributed by atoms with E-state index in [1.54, 1.807) is 37.3 Å². The SMILES string of the molecule is Cc1ccc(S(=O)(=O)CCCO[C@H]2/C=C/C[C@H](C)[C@@H](C)S(=O)(=O)NC(=O)c3ccc4c(c3)N(C[C@@H]3CC[C@H]32)C[C@@]2(CCCc3cc(Cl)ccc32)CO4)cc1. The van der Waals surface area contributed by atoms with Crippen LogP contribution in [0.2, 0.25) is 5.02 Å². The van der Waals surface area contributed by atoms with E-state index in [1.165, 1.54) is 11.1 Å². The van der Waals surface area contributed by atoms with Crippen molar-refractivity contribution in [3.63, 3.8) is 0 Å². The van der Waals surface area contributed by atoms with Gasteiger partial charge < -0.3 is 14.4 Å². The molecule has 1 fully saturated rings. The Kier molecular flexibility index (Phi) is 11.3. The zero-order valence-electron chi connectivity index (χ0n) is 31.3. The molecule has 6 atom stereocenters. The van der Waals surface area contributed by atoms with Gasteiger partial charge in [0.15, 0.2) is 9.84 Å². The van der Waals surface area contributed by atoms with Gasteiger partial charge in [-0.05, 0) is 130 Å². The Hall–Kier alpha value is -3.38. The molecule has 12 heteroatoms. The molecular weight excluding hydrogens is 744 g/mol. The number of hydrogen-bond donors (Lipinski definition) is 1. The summed E-state index contributed by atoms with van der Waals surface area (Å²) in [4.78, 5) is 16.2. The number of ether oxygens (including phenoxy) is 2. The van der Waals surface area contributed by atoms with Gasteiger partial charge in [-0.1, -0.05) is 54.4 Å². The summed E-state index contributed by atoms with van der Waals surface area (Å²) in [5.41, 5.74) is 4.19. The summed E-state index contributed by atoms with van der Waals surface area (Å²) in [6, 6.07) is 18.3. The smallest absolute Gasteiger partial charge is 0.264 e. The van der Waals surface area contributed by atoms with E-state index < -0.39 is 31.0 Å². The lowest BCUT2D eigenvalue weighted by atomic mass is 9.68. The van der Waals surface area contributed by atoms with Crippen LogP contribution in [0.3, 0.4) is 0 Å². The van der Waals surface area contributed by atoms with Crippen LogP contribution in [-0.4, -0.2) is 66.2 Å².